The van der Waals surface area contributed by atoms with Crippen LogP contribution >= 0.6 is 11.6 Å². The molecule has 3 rings (SSSR count). The van der Waals surface area contributed by atoms with E-state index in [0.717, 1.165) is 11.3 Å². The zero-order valence-corrected chi connectivity index (χ0v) is 17.0. The molecule has 0 unspecified atom stereocenters. The number of H-pyrrole nitrogens is 1. The number of anilines is 1. The Bertz CT molecular complexity index is 1180. The number of allylic oxidation sites excluding steroid dienone is 2. The van der Waals surface area contributed by atoms with E-state index in [1.165, 1.54) is 11.6 Å². The van der Waals surface area contributed by atoms with Gasteiger partial charge < -0.3 is 4.74 Å². The molecule has 0 aliphatic carbocycles. The standard InChI is InChI=1S/C19H21ClN6O3/c1-4-29-14-7-5-13(6-8-14)11-21-24-18-22-16-15(26(18)10-9-12(2)20)17(27)23-19(28)25(16)3/h5-9,11H,4,10H2,1-3H3,(H,22,24)(H,23,27,28)/b12-9-,21-11-. The van der Waals surface area contributed by atoms with Crippen LogP contribution in [0.2, 0.25) is 0 Å². The van der Waals surface area contributed by atoms with Crippen molar-refractivity contribution in [3.8, 4) is 5.75 Å². The van der Waals surface area contributed by atoms with Crippen molar-refractivity contribution in [2.24, 2.45) is 12.1 Å². The van der Waals surface area contributed by atoms with Crippen molar-refractivity contribution in [1.29, 1.82) is 0 Å². The molecule has 2 N–H and O–H groups in total. The van der Waals surface area contributed by atoms with Crippen LogP contribution in [0, 0.1) is 0 Å². The second kappa shape index (κ2) is 8.78. The molecule has 0 aliphatic rings. The first-order chi connectivity index (χ1) is 13.9. The first kappa shape index (κ1) is 20.4. The predicted molar refractivity (Wildman–Crippen MR) is 114 cm³/mol. The van der Waals surface area contributed by atoms with Crippen molar-refractivity contribution >= 4 is 34.9 Å². The molecule has 152 valence electrons. The average molecular weight is 417 g/mol. The Kier molecular flexibility index (Phi) is 6.18. The number of rotatable bonds is 7. The Morgan fingerprint density at radius 1 is 1.34 bits per heavy atom. The number of hydrazone groups is 1. The number of fused-ring (bicyclic) bond motifs is 1. The summed E-state index contributed by atoms with van der Waals surface area (Å²) in [6.07, 6.45) is 3.35. The maximum atomic E-state index is 12.3. The summed E-state index contributed by atoms with van der Waals surface area (Å²) in [5, 5.41) is 4.77. The van der Waals surface area contributed by atoms with Gasteiger partial charge in [-0.3, -0.25) is 18.9 Å². The zero-order chi connectivity index (χ0) is 21.0. The van der Waals surface area contributed by atoms with E-state index in [2.05, 4.69) is 20.5 Å². The third-order valence-electron chi connectivity index (χ3n) is 4.13. The van der Waals surface area contributed by atoms with E-state index in [1.807, 2.05) is 31.2 Å². The Balaban J connectivity index is 1.95. The number of nitrogens with zero attached hydrogens (tertiary/aromatic N) is 4. The van der Waals surface area contributed by atoms with Crippen LogP contribution in [-0.4, -0.2) is 31.9 Å². The van der Waals surface area contributed by atoms with Gasteiger partial charge in [0.2, 0.25) is 5.95 Å². The number of nitrogens with one attached hydrogen (secondary N) is 2. The van der Waals surface area contributed by atoms with E-state index >= 15 is 0 Å². The highest BCUT2D eigenvalue weighted by Gasteiger charge is 2.16. The summed E-state index contributed by atoms with van der Waals surface area (Å²) >= 11 is 5.94. The van der Waals surface area contributed by atoms with Crippen LogP contribution in [0.15, 0.2) is 50.1 Å². The molecule has 10 heteroatoms. The molecule has 9 nitrogen and oxygen atoms in total. The molecule has 0 fully saturated rings. The Labute approximate surface area is 171 Å². The zero-order valence-electron chi connectivity index (χ0n) is 16.3. The molecule has 2 heterocycles. The maximum absolute atomic E-state index is 12.3. The minimum Gasteiger partial charge on any atom is -0.494 e. The van der Waals surface area contributed by atoms with Crippen molar-refractivity contribution in [3.05, 3.63) is 61.8 Å². The number of hydrogen-bond acceptors (Lipinski definition) is 6. The fourth-order valence-corrected chi connectivity index (χ4v) is 2.77. The maximum Gasteiger partial charge on any atom is 0.329 e. The van der Waals surface area contributed by atoms with Crippen LogP contribution in [-0.2, 0) is 13.6 Å². The average Bonchev–Trinajstić information content (AvgIpc) is 3.05. The summed E-state index contributed by atoms with van der Waals surface area (Å²) in [5.41, 5.74) is 3.12. The molecule has 0 amide bonds. The number of aromatic amines is 1. The fourth-order valence-electron chi connectivity index (χ4n) is 2.70. The summed E-state index contributed by atoms with van der Waals surface area (Å²) in [5.74, 6) is 1.09. The van der Waals surface area contributed by atoms with Crippen LogP contribution in [0.1, 0.15) is 19.4 Å². The molecule has 29 heavy (non-hydrogen) atoms. The summed E-state index contributed by atoms with van der Waals surface area (Å²) < 4.78 is 8.29. The molecular formula is C19H21ClN6O3. The van der Waals surface area contributed by atoms with E-state index in [0.29, 0.717) is 17.6 Å². The largest absolute Gasteiger partial charge is 0.494 e. The Hall–Kier alpha value is -3.33. The second-order valence-electron chi connectivity index (χ2n) is 6.20. The lowest BCUT2D eigenvalue weighted by Crippen LogP contribution is -2.29. The summed E-state index contributed by atoms with van der Waals surface area (Å²) in [6.45, 7) is 4.54. The molecule has 3 aromatic rings. The van der Waals surface area contributed by atoms with Crippen LogP contribution in [0.4, 0.5) is 5.95 Å². The molecule has 0 saturated heterocycles. The van der Waals surface area contributed by atoms with Gasteiger partial charge in [0.1, 0.15) is 5.75 Å². The molecule has 0 spiro atoms. The molecular weight excluding hydrogens is 396 g/mol. The number of imidazole rings is 1. The molecule has 1 aromatic carbocycles. The van der Waals surface area contributed by atoms with Gasteiger partial charge >= 0.3 is 5.69 Å². The van der Waals surface area contributed by atoms with Gasteiger partial charge in [0.05, 0.1) is 12.8 Å². The highest BCUT2D eigenvalue weighted by Crippen LogP contribution is 2.16. The number of benzene rings is 1. The van der Waals surface area contributed by atoms with E-state index in [9.17, 15) is 9.59 Å². The minimum absolute atomic E-state index is 0.248. The minimum atomic E-state index is -0.541. The van der Waals surface area contributed by atoms with E-state index < -0.39 is 11.2 Å². The third-order valence-corrected chi connectivity index (χ3v) is 4.29. The molecule has 0 atom stereocenters. The van der Waals surface area contributed by atoms with Crippen LogP contribution < -0.4 is 21.4 Å². The van der Waals surface area contributed by atoms with Crippen molar-refractivity contribution < 1.29 is 4.74 Å². The lowest BCUT2D eigenvalue weighted by Gasteiger charge is -2.05. The van der Waals surface area contributed by atoms with Crippen molar-refractivity contribution in [1.82, 2.24) is 19.1 Å². The molecule has 2 aromatic heterocycles. The number of hydrogen-bond donors (Lipinski definition) is 2. The summed E-state index contributed by atoms with van der Waals surface area (Å²) in [7, 11) is 1.54. The smallest absolute Gasteiger partial charge is 0.329 e. The van der Waals surface area contributed by atoms with Crippen LogP contribution in [0.5, 0.6) is 5.75 Å². The first-order valence-corrected chi connectivity index (χ1v) is 9.32. The van der Waals surface area contributed by atoms with Gasteiger partial charge in [-0.1, -0.05) is 17.7 Å². The number of halogens is 1. The van der Waals surface area contributed by atoms with Crippen molar-refractivity contribution in [2.45, 2.75) is 20.4 Å². The Morgan fingerprint density at radius 2 is 2.07 bits per heavy atom. The van der Waals surface area contributed by atoms with Gasteiger partial charge in [-0.05, 0) is 43.7 Å². The van der Waals surface area contributed by atoms with Gasteiger partial charge in [0.15, 0.2) is 11.2 Å². The number of ether oxygens (including phenoxy) is 1. The third kappa shape index (κ3) is 4.57. The SMILES string of the molecule is CCOc1ccc(/C=N\Nc2nc3c(c(=O)[nH]c(=O)n3C)n2C/C=C(/C)Cl)cc1. The lowest BCUT2D eigenvalue weighted by molar-refractivity contribution is 0.340. The number of aromatic nitrogens is 4. The second-order valence-corrected chi connectivity index (χ2v) is 6.80. The van der Waals surface area contributed by atoms with Gasteiger partial charge in [-0.2, -0.15) is 10.1 Å². The molecule has 0 bridgehead atoms. The van der Waals surface area contributed by atoms with Gasteiger partial charge in [-0.15, -0.1) is 0 Å². The van der Waals surface area contributed by atoms with E-state index in [-0.39, 0.29) is 17.7 Å². The predicted octanol–water partition coefficient (Wildman–Crippen LogP) is 2.41. The van der Waals surface area contributed by atoms with Gasteiger partial charge in [0.25, 0.3) is 5.56 Å². The summed E-state index contributed by atoms with van der Waals surface area (Å²) in [6, 6.07) is 7.44. The quantitative estimate of drug-likeness (QED) is 0.454. The molecule has 0 aliphatic heterocycles. The molecule has 0 saturated carbocycles. The highest BCUT2D eigenvalue weighted by molar-refractivity contribution is 6.29. The van der Waals surface area contributed by atoms with E-state index in [4.69, 9.17) is 16.3 Å². The first-order valence-electron chi connectivity index (χ1n) is 8.94. The van der Waals surface area contributed by atoms with Gasteiger partial charge in [-0.25, -0.2) is 10.2 Å². The Morgan fingerprint density at radius 3 is 2.72 bits per heavy atom. The highest BCUT2D eigenvalue weighted by atomic mass is 35.5. The van der Waals surface area contributed by atoms with Crippen molar-refractivity contribution in [3.63, 3.8) is 0 Å². The number of aryl methyl sites for hydroxylation is 1. The fraction of sp³-hybridized carbons (Fsp3) is 0.263. The molecule has 0 radical (unpaired) electrons. The summed E-state index contributed by atoms with van der Waals surface area (Å²) in [4.78, 5) is 30.9. The topological polar surface area (TPSA) is 106 Å². The van der Waals surface area contributed by atoms with Crippen LogP contribution in [0.3, 0.4) is 0 Å². The van der Waals surface area contributed by atoms with Crippen molar-refractivity contribution in [2.75, 3.05) is 12.0 Å². The normalized spacial score (nSPS) is 12.1. The van der Waals surface area contributed by atoms with Crippen LogP contribution in [0.25, 0.3) is 11.2 Å². The van der Waals surface area contributed by atoms with Gasteiger partial charge in [0, 0.05) is 18.6 Å². The van der Waals surface area contributed by atoms with E-state index in [1.54, 1.807) is 23.8 Å². The monoisotopic (exact) mass is 416 g/mol. The lowest BCUT2D eigenvalue weighted by atomic mass is 10.2.